The first-order valence-corrected chi connectivity index (χ1v) is 9.19. The molecule has 1 aliphatic heterocycles. The minimum absolute atomic E-state index is 0.0138. The second-order valence-electron chi connectivity index (χ2n) is 6.90. The zero-order valence-electron chi connectivity index (χ0n) is 15.7. The van der Waals surface area contributed by atoms with E-state index in [1.807, 2.05) is 47.4 Å². The fourth-order valence-corrected chi connectivity index (χ4v) is 4.15. The molecule has 0 fully saturated rings. The Kier molecular flexibility index (Phi) is 3.72. The monoisotopic (exact) mass is 369 g/mol. The van der Waals surface area contributed by atoms with Crippen LogP contribution in [0.25, 0.3) is 21.5 Å². The van der Waals surface area contributed by atoms with Crippen LogP contribution in [-0.2, 0) is 6.54 Å². The first kappa shape index (κ1) is 16.6. The van der Waals surface area contributed by atoms with Crippen LogP contribution in [0, 0.1) is 0 Å². The van der Waals surface area contributed by atoms with Gasteiger partial charge in [-0.2, -0.15) is 0 Å². The van der Waals surface area contributed by atoms with Gasteiger partial charge in [0.15, 0.2) is 11.5 Å². The van der Waals surface area contributed by atoms with Crippen molar-refractivity contribution < 1.29 is 14.3 Å². The SMILES string of the molecule is COc1cc2c3c(cc4ccccc4c3c1OC)N(Cc1ccccc1)C2=O. The van der Waals surface area contributed by atoms with E-state index in [0.717, 1.165) is 32.8 Å². The molecule has 0 radical (unpaired) electrons. The number of nitrogens with zero attached hydrogens (tertiary/aromatic N) is 1. The summed E-state index contributed by atoms with van der Waals surface area (Å²) in [5.41, 5.74) is 2.66. The Balaban J connectivity index is 1.85. The lowest BCUT2D eigenvalue weighted by molar-refractivity contribution is 0.0991. The highest BCUT2D eigenvalue weighted by molar-refractivity contribution is 6.31. The molecular weight excluding hydrogens is 350 g/mol. The van der Waals surface area contributed by atoms with Gasteiger partial charge in [-0.15, -0.1) is 0 Å². The molecule has 0 bridgehead atoms. The molecule has 0 atom stereocenters. The van der Waals surface area contributed by atoms with Gasteiger partial charge in [-0.3, -0.25) is 4.79 Å². The Bertz CT molecular complexity index is 1230. The Morgan fingerprint density at radius 1 is 0.857 bits per heavy atom. The molecule has 4 nitrogen and oxygen atoms in total. The number of carbonyl (C=O) groups is 1. The third-order valence-electron chi connectivity index (χ3n) is 5.40. The molecule has 4 aromatic rings. The van der Waals surface area contributed by atoms with Crippen molar-refractivity contribution in [3.63, 3.8) is 0 Å². The molecule has 1 aliphatic rings. The fourth-order valence-electron chi connectivity index (χ4n) is 4.15. The van der Waals surface area contributed by atoms with Crippen LogP contribution in [0.1, 0.15) is 15.9 Å². The van der Waals surface area contributed by atoms with Crippen molar-refractivity contribution in [2.75, 3.05) is 19.1 Å². The first-order chi connectivity index (χ1) is 13.7. The number of carbonyl (C=O) groups excluding carboxylic acids is 1. The number of benzene rings is 4. The van der Waals surface area contributed by atoms with Gasteiger partial charge in [-0.1, -0.05) is 54.6 Å². The summed E-state index contributed by atoms with van der Waals surface area (Å²) in [5.74, 6) is 1.22. The van der Waals surface area contributed by atoms with Crippen LogP contribution < -0.4 is 14.4 Å². The Hall–Kier alpha value is -3.53. The number of rotatable bonds is 4. The standard InChI is InChI=1S/C24H19NO3/c1-27-20-13-18-21-19(25(24(18)26)14-15-8-4-3-5-9-15)12-16-10-6-7-11-17(16)22(21)23(20)28-2/h3-13H,14H2,1-2H3. The van der Waals surface area contributed by atoms with Crippen LogP contribution in [-0.4, -0.2) is 20.1 Å². The second-order valence-corrected chi connectivity index (χ2v) is 6.90. The minimum Gasteiger partial charge on any atom is -0.493 e. The normalized spacial score (nSPS) is 12.8. The molecular formula is C24H19NO3. The molecule has 28 heavy (non-hydrogen) atoms. The predicted molar refractivity (Wildman–Crippen MR) is 112 cm³/mol. The maximum Gasteiger partial charge on any atom is 0.259 e. The molecule has 0 N–H and O–H groups in total. The smallest absolute Gasteiger partial charge is 0.259 e. The molecule has 4 heteroatoms. The lowest BCUT2D eigenvalue weighted by Crippen LogP contribution is -2.26. The van der Waals surface area contributed by atoms with E-state index in [2.05, 4.69) is 18.2 Å². The number of hydrogen-bond acceptors (Lipinski definition) is 3. The summed E-state index contributed by atoms with van der Waals surface area (Å²) in [6.45, 7) is 0.520. The summed E-state index contributed by atoms with van der Waals surface area (Å²) in [5, 5.41) is 3.97. The van der Waals surface area contributed by atoms with E-state index in [0.29, 0.717) is 23.6 Å². The molecule has 5 rings (SSSR count). The number of ether oxygens (including phenoxy) is 2. The topological polar surface area (TPSA) is 38.8 Å². The average Bonchev–Trinajstić information content (AvgIpc) is 3.00. The van der Waals surface area contributed by atoms with Crippen LogP contribution in [0.5, 0.6) is 11.5 Å². The maximum absolute atomic E-state index is 13.4. The minimum atomic E-state index is -0.0138. The predicted octanol–water partition coefficient (Wildman–Crippen LogP) is 5.17. The van der Waals surface area contributed by atoms with Gasteiger partial charge in [-0.25, -0.2) is 0 Å². The van der Waals surface area contributed by atoms with Crippen LogP contribution in [0.4, 0.5) is 5.69 Å². The van der Waals surface area contributed by atoms with Gasteiger partial charge in [-0.05, 0) is 28.5 Å². The van der Waals surface area contributed by atoms with Gasteiger partial charge in [0.1, 0.15) is 0 Å². The zero-order chi connectivity index (χ0) is 19.3. The van der Waals surface area contributed by atoms with Crippen molar-refractivity contribution in [3.8, 4) is 11.5 Å². The van der Waals surface area contributed by atoms with Gasteiger partial charge in [0.05, 0.1) is 32.0 Å². The lowest BCUT2D eigenvalue weighted by Gasteiger charge is -2.18. The Labute approximate surface area is 162 Å². The van der Waals surface area contributed by atoms with Gasteiger partial charge < -0.3 is 14.4 Å². The van der Waals surface area contributed by atoms with E-state index in [1.54, 1.807) is 20.3 Å². The third kappa shape index (κ3) is 2.28. The average molecular weight is 369 g/mol. The largest absolute Gasteiger partial charge is 0.493 e. The Morgan fingerprint density at radius 2 is 1.61 bits per heavy atom. The quantitative estimate of drug-likeness (QED) is 0.466. The van der Waals surface area contributed by atoms with Gasteiger partial charge in [0.25, 0.3) is 5.91 Å². The molecule has 1 heterocycles. The van der Waals surface area contributed by atoms with Crippen molar-refractivity contribution >= 4 is 33.1 Å². The Morgan fingerprint density at radius 3 is 2.36 bits per heavy atom. The summed E-state index contributed by atoms with van der Waals surface area (Å²) in [7, 11) is 3.24. The van der Waals surface area contributed by atoms with Gasteiger partial charge >= 0.3 is 0 Å². The van der Waals surface area contributed by atoms with Crippen molar-refractivity contribution in [1.82, 2.24) is 0 Å². The van der Waals surface area contributed by atoms with E-state index in [4.69, 9.17) is 9.47 Å². The number of anilines is 1. The summed E-state index contributed by atoms with van der Waals surface area (Å²) in [4.78, 5) is 15.2. The van der Waals surface area contributed by atoms with Crippen LogP contribution in [0.2, 0.25) is 0 Å². The molecule has 1 amide bonds. The fraction of sp³-hybridized carbons (Fsp3) is 0.125. The van der Waals surface area contributed by atoms with E-state index >= 15 is 0 Å². The van der Waals surface area contributed by atoms with Gasteiger partial charge in [0, 0.05) is 10.8 Å². The highest BCUT2D eigenvalue weighted by Crippen LogP contribution is 2.49. The molecule has 0 saturated heterocycles. The van der Waals surface area contributed by atoms with E-state index in [9.17, 15) is 4.79 Å². The van der Waals surface area contributed by atoms with Crippen LogP contribution >= 0.6 is 0 Å². The first-order valence-electron chi connectivity index (χ1n) is 9.19. The summed E-state index contributed by atoms with van der Waals surface area (Å²) >= 11 is 0. The van der Waals surface area contributed by atoms with Crippen LogP contribution in [0.3, 0.4) is 0 Å². The summed E-state index contributed by atoms with van der Waals surface area (Å²) < 4.78 is 11.3. The number of hydrogen-bond donors (Lipinski definition) is 0. The van der Waals surface area contributed by atoms with E-state index in [-0.39, 0.29) is 5.91 Å². The maximum atomic E-state index is 13.4. The summed E-state index contributed by atoms with van der Waals surface area (Å²) in [6, 6.07) is 22.1. The molecule has 0 spiro atoms. The lowest BCUT2D eigenvalue weighted by atomic mass is 9.97. The van der Waals surface area contributed by atoms with Gasteiger partial charge in [0.2, 0.25) is 0 Å². The highest BCUT2D eigenvalue weighted by Gasteiger charge is 2.33. The summed E-state index contributed by atoms with van der Waals surface area (Å²) in [6.07, 6.45) is 0. The molecule has 138 valence electrons. The van der Waals surface area contributed by atoms with Crippen molar-refractivity contribution in [3.05, 3.63) is 77.9 Å². The third-order valence-corrected chi connectivity index (χ3v) is 5.40. The highest BCUT2D eigenvalue weighted by atomic mass is 16.5. The molecule has 0 aromatic heterocycles. The molecule has 0 aliphatic carbocycles. The second kappa shape index (κ2) is 6.27. The van der Waals surface area contributed by atoms with Crippen molar-refractivity contribution in [2.45, 2.75) is 6.54 Å². The number of amides is 1. The van der Waals surface area contributed by atoms with E-state index < -0.39 is 0 Å². The van der Waals surface area contributed by atoms with E-state index in [1.165, 1.54) is 0 Å². The van der Waals surface area contributed by atoms with Crippen molar-refractivity contribution in [1.29, 1.82) is 0 Å². The van der Waals surface area contributed by atoms with Crippen molar-refractivity contribution in [2.24, 2.45) is 0 Å². The van der Waals surface area contributed by atoms with Crippen LogP contribution in [0.15, 0.2) is 66.7 Å². The molecule has 0 saturated carbocycles. The zero-order valence-corrected chi connectivity index (χ0v) is 15.7. The number of methoxy groups -OCH3 is 2. The number of fused-ring (bicyclic) bond motifs is 2. The molecule has 0 unspecified atom stereocenters. The molecule has 4 aromatic carbocycles.